The molecule has 0 spiro atoms. The Morgan fingerprint density at radius 3 is 3.11 bits per heavy atom. The summed E-state index contributed by atoms with van der Waals surface area (Å²) in [5.74, 6) is 1.35. The maximum absolute atomic E-state index is 4.15. The van der Waals surface area contributed by atoms with Crippen molar-refractivity contribution in [1.82, 2.24) is 10.2 Å². The van der Waals surface area contributed by atoms with Crippen LogP contribution < -0.4 is 0 Å². The summed E-state index contributed by atoms with van der Waals surface area (Å²) in [6.45, 7) is 2.11. The first-order chi connectivity index (χ1) is 4.34. The summed E-state index contributed by atoms with van der Waals surface area (Å²) in [6.07, 6.45) is 1.76. The summed E-state index contributed by atoms with van der Waals surface area (Å²) in [5.41, 5.74) is 1.16. The van der Waals surface area contributed by atoms with Crippen LogP contribution in [0.3, 0.4) is 0 Å². The van der Waals surface area contributed by atoms with Crippen molar-refractivity contribution in [3.8, 4) is 0 Å². The average molecular weight is 142 g/mol. The molecule has 1 rings (SSSR count). The summed E-state index contributed by atoms with van der Waals surface area (Å²) >= 11 is 4.15. The molecular weight excluding hydrogens is 132 g/mol. The molecule has 0 aromatic carbocycles. The van der Waals surface area contributed by atoms with Gasteiger partial charge in [-0.3, -0.25) is 5.10 Å². The Bertz CT molecular complexity index is 160. The van der Waals surface area contributed by atoms with Gasteiger partial charge in [0.15, 0.2) is 0 Å². The molecule has 0 saturated heterocycles. The highest BCUT2D eigenvalue weighted by atomic mass is 32.1. The van der Waals surface area contributed by atoms with E-state index in [1.807, 2.05) is 6.07 Å². The van der Waals surface area contributed by atoms with Crippen LogP contribution in [0.25, 0.3) is 0 Å². The molecule has 0 aliphatic heterocycles. The third kappa shape index (κ3) is 1.48. The zero-order chi connectivity index (χ0) is 6.69. The first-order valence-electron chi connectivity index (χ1n) is 2.94. The van der Waals surface area contributed by atoms with Gasteiger partial charge in [0.1, 0.15) is 0 Å². The molecule has 1 unspecified atom stereocenters. The van der Waals surface area contributed by atoms with E-state index in [2.05, 4.69) is 29.7 Å². The number of nitrogens with one attached hydrogen (secondary N) is 1. The van der Waals surface area contributed by atoms with E-state index in [0.717, 1.165) is 11.4 Å². The van der Waals surface area contributed by atoms with Crippen LogP contribution in [-0.4, -0.2) is 16.0 Å². The number of hydrogen-bond acceptors (Lipinski definition) is 2. The zero-order valence-corrected chi connectivity index (χ0v) is 6.23. The van der Waals surface area contributed by atoms with Crippen LogP contribution in [0.15, 0.2) is 12.3 Å². The fraction of sp³-hybridized carbons (Fsp3) is 0.500. The predicted octanol–water partition coefficient (Wildman–Crippen LogP) is 1.44. The van der Waals surface area contributed by atoms with Gasteiger partial charge in [-0.1, -0.05) is 6.92 Å². The molecule has 0 bridgehead atoms. The topological polar surface area (TPSA) is 28.7 Å². The minimum absolute atomic E-state index is 0.482. The zero-order valence-electron chi connectivity index (χ0n) is 5.33. The predicted molar refractivity (Wildman–Crippen MR) is 40.9 cm³/mol. The van der Waals surface area contributed by atoms with E-state index in [4.69, 9.17) is 0 Å². The van der Waals surface area contributed by atoms with Crippen molar-refractivity contribution >= 4 is 12.6 Å². The molecule has 50 valence electrons. The summed E-state index contributed by atoms with van der Waals surface area (Å²) < 4.78 is 0. The molecule has 9 heavy (non-hydrogen) atoms. The number of aromatic nitrogens is 2. The molecule has 1 N–H and O–H groups in total. The van der Waals surface area contributed by atoms with E-state index < -0.39 is 0 Å². The van der Waals surface area contributed by atoms with Gasteiger partial charge < -0.3 is 0 Å². The third-order valence-electron chi connectivity index (χ3n) is 1.33. The maximum Gasteiger partial charge on any atom is 0.0490 e. The molecule has 0 amide bonds. The Balaban J connectivity index is 2.65. The number of rotatable bonds is 2. The van der Waals surface area contributed by atoms with Gasteiger partial charge >= 0.3 is 0 Å². The second-order valence-corrected chi connectivity index (χ2v) is 2.46. The summed E-state index contributed by atoms with van der Waals surface area (Å²) in [7, 11) is 0. The quantitative estimate of drug-likeness (QED) is 0.601. The average Bonchev–Trinajstić information content (AvgIpc) is 2.37. The molecule has 1 heterocycles. The minimum atomic E-state index is 0.482. The molecule has 2 nitrogen and oxygen atoms in total. The fourth-order valence-electron chi connectivity index (χ4n) is 0.639. The summed E-state index contributed by atoms with van der Waals surface area (Å²) in [4.78, 5) is 0. The smallest absolute Gasteiger partial charge is 0.0490 e. The molecule has 0 aliphatic carbocycles. The first kappa shape index (κ1) is 6.68. The highest BCUT2D eigenvalue weighted by Gasteiger charge is 2.01. The van der Waals surface area contributed by atoms with Gasteiger partial charge in [-0.2, -0.15) is 17.7 Å². The van der Waals surface area contributed by atoms with E-state index in [9.17, 15) is 0 Å². The lowest BCUT2D eigenvalue weighted by molar-refractivity contribution is 0.824. The fourth-order valence-corrected chi connectivity index (χ4v) is 0.836. The Hall–Kier alpha value is -0.440. The lowest BCUT2D eigenvalue weighted by atomic mass is 10.1. The van der Waals surface area contributed by atoms with Crippen LogP contribution in [0.5, 0.6) is 0 Å². The van der Waals surface area contributed by atoms with Gasteiger partial charge in [0.2, 0.25) is 0 Å². The molecular formula is C6H10N2S. The Morgan fingerprint density at radius 2 is 2.67 bits per heavy atom. The molecule has 3 heteroatoms. The standard InChI is InChI=1S/C6H10N2S/c1-5(4-9)6-2-3-7-8-6/h2-3,5,9H,4H2,1H3,(H,7,8). The van der Waals surface area contributed by atoms with Gasteiger partial charge in [0.05, 0.1) is 0 Å². The van der Waals surface area contributed by atoms with Crippen LogP contribution in [0.4, 0.5) is 0 Å². The highest BCUT2D eigenvalue weighted by Crippen LogP contribution is 2.11. The van der Waals surface area contributed by atoms with E-state index in [-0.39, 0.29) is 0 Å². The van der Waals surface area contributed by atoms with Gasteiger partial charge in [-0.05, 0) is 11.8 Å². The largest absolute Gasteiger partial charge is 0.282 e. The van der Waals surface area contributed by atoms with Gasteiger partial charge in [0.25, 0.3) is 0 Å². The number of thiol groups is 1. The Kier molecular flexibility index (Phi) is 2.16. The molecule has 0 aliphatic rings. The van der Waals surface area contributed by atoms with Crippen molar-refractivity contribution in [3.63, 3.8) is 0 Å². The van der Waals surface area contributed by atoms with Gasteiger partial charge in [-0.15, -0.1) is 0 Å². The number of nitrogens with zero attached hydrogens (tertiary/aromatic N) is 1. The van der Waals surface area contributed by atoms with Gasteiger partial charge in [-0.25, -0.2) is 0 Å². The van der Waals surface area contributed by atoms with Crippen LogP contribution in [0.1, 0.15) is 18.5 Å². The summed E-state index contributed by atoms with van der Waals surface area (Å²) in [5, 5.41) is 6.72. The van der Waals surface area contributed by atoms with Gasteiger partial charge in [0, 0.05) is 17.8 Å². The van der Waals surface area contributed by atoms with Crippen molar-refractivity contribution in [3.05, 3.63) is 18.0 Å². The second-order valence-electron chi connectivity index (χ2n) is 2.10. The van der Waals surface area contributed by atoms with Crippen LogP contribution in [-0.2, 0) is 0 Å². The lowest BCUT2D eigenvalue weighted by Gasteiger charge is -2.01. The SMILES string of the molecule is CC(CS)c1ccn[nH]1. The second kappa shape index (κ2) is 2.92. The van der Waals surface area contributed by atoms with Crippen LogP contribution >= 0.6 is 12.6 Å². The molecule has 0 radical (unpaired) electrons. The summed E-state index contributed by atoms with van der Waals surface area (Å²) in [6, 6.07) is 1.97. The van der Waals surface area contributed by atoms with E-state index >= 15 is 0 Å². The monoisotopic (exact) mass is 142 g/mol. The number of hydrogen-bond donors (Lipinski definition) is 2. The highest BCUT2D eigenvalue weighted by molar-refractivity contribution is 7.80. The Morgan fingerprint density at radius 1 is 1.89 bits per heavy atom. The normalized spacial score (nSPS) is 13.6. The van der Waals surface area contributed by atoms with E-state index in [1.165, 1.54) is 0 Å². The first-order valence-corrected chi connectivity index (χ1v) is 3.58. The van der Waals surface area contributed by atoms with E-state index in [1.54, 1.807) is 6.20 Å². The lowest BCUT2D eigenvalue weighted by Crippen LogP contribution is -1.94. The van der Waals surface area contributed by atoms with Crippen molar-refractivity contribution in [2.24, 2.45) is 0 Å². The molecule has 1 aromatic rings. The molecule has 1 atom stereocenters. The van der Waals surface area contributed by atoms with E-state index in [0.29, 0.717) is 5.92 Å². The van der Waals surface area contributed by atoms with Crippen molar-refractivity contribution in [2.45, 2.75) is 12.8 Å². The maximum atomic E-state index is 4.15. The number of H-pyrrole nitrogens is 1. The number of aromatic amines is 1. The molecule has 0 fully saturated rings. The molecule has 0 saturated carbocycles. The Labute approximate surface area is 60.1 Å². The third-order valence-corrected chi connectivity index (χ3v) is 1.87. The van der Waals surface area contributed by atoms with Crippen LogP contribution in [0, 0.1) is 0 Å². The minimum Gasteiger partial charge on any atom is -0.282 e. The van der Waals surface area contributed by atoms with Crippen molar-refractivity contribution in [2.75, 3.05) is 5.75 Å². The molecule has 1 aromatic heterocycles. The van der Waals surface area contributed by atoms with Crippen LogP contribution in [0.2, 0.25) is 0 Å². The van der Waals surface area contributed by atoms with Crippen molar-refractivity contribution < 1.29 is 0 Å². The van der Waals surface area contributed by atoms with Crippen molar-refractivity contribution in [1.29, 1.82) is 0 Å².